The Morgan fingerprint density at radius 1 is 1.45 bits per heavy atom. The first-order valence-electron chi connectivity index (χ1n) is 3.80. The van der Waals surface area contributed by atoms with Crippen molar-refractivity contribution < 1.29 is 0 Å². The largest absolute Gasteiger partial charge is 0.326 e. The molecular formula is C8H13N3. The summed E-state index contributed by atoms with van der Waals surface area (Å²) in [5.74, 6) is 0. The van der Waals surface area contributed by atoms with E-state index in [2.05, 4.69) is 17.1 Å². The fourth-order valence-electron chi connectivity index (χ4n) is 1.04. The summed E-state index contributed by atoms with van der Waals surface area (Å²) in [6, 6.07) is 1.99. The summed E-state index contributed by atoms with van der Waals surface area (Å²) in [5.41, 5.74) is 8.58. The van der Waals surface area contributed by atoms with Gasteiger partial charge in [0.15, 0.2) is 0 Å². The van der Waals surface area contributed by atoms with E-state index in [1.165, 1.54) is 0 Å². The van der Waals surface area contributed by atoms with E-state index in [0.717, 1.165) is 23.4 Å². The first-order chi connectivity index (χ1) is 5.27. The Morgan fingerprint density at radius 3 is 2.73 bits per heavy atom. The standard InChI is InChI=1S/C8H13N3/c1-3-8-7(5-9)4-6(2)10-11-8/h4H,3,5,9H2,1-2H3. The normalized spacial score (nSPS) is 10.1. The molecule has 0 aliphatic heterocycles. The maximum atomic E-state index is 5.53. The molecule has 1 aromatic heterocycles. The maximum absolute atomic E-state index is 5.53. The third-order valence-electron chi connectivity index (χ3n) is 1.64. The van der Waals surface area contributed by atoms with E-state index in [1.54, 1.807) is 0 Å². The van der Waals surface area contributed by atoms with Crippen LogP contribution in [0.4, 0.5) is 0 Å². The Labute approximate surface area is 66.6 Å². The molecule has 0 fully saturated rings. The molecule has 11 heavy (non-hydrogen) atoms. The van der Waals surface area contributed by atoms with Crippen molar-refractivity contribution >= 4 is 0 Å². The Kier molecular flexibility index (Phi) is 2.54. The van der Waals surface area contributed by atoms with Gasteiger partial charge in [-0.3, -0.25) is 0 Å². The minimum Gasteiger partial charge on any atom is -0.326 e. The van der Waals surface area contributed by atoms with E-state index in [0.29, 0.717) is 6.54 Å². The van der Waals surface area contributed by atoms with E-state index in [4.69, 9.17) is 5.73 Å². The van der Waals surface area contributed by atoms with Crippen molar-refractivity contribution in [3.05, 3.63) is 23.0 Å². The van der Waals surface area contributed by atoms with Crippen LogP contribution < -0.4 is 5.73 Å². The summed E-state index contributed by atoms with van der Waals surface area (Å²) >= 11 is 0. The molecule has 60 valence electrons. The third-order valence-corrected chi connectivity index (χ3v) is 1.64. The number of aryl methyl sites for hydroxylation is 2. The van der Waals surface area contributed by atoms with E-state index in [9.17, 15) is 0 Å². The van der Waals surface area contributed by atoms with Crippen molar-refractivity contribution in [2.24, 2.45) is 5.73 Å². The second-order valence-electron chi connectivity index (χ2n) is 2.52. The van der Waals surface area contributed by atoms with Gasteiger partial charge in [-0.05, 0) is 25.0 Å². The highest BCUT2D eigenvalue weighted by atomic mass is 15.1. The van der Waals surface area contributed by atoms with E-state index in [1.807, 2.05) is 13.0 Å². The molecule has 0 unspecified atom stereocenters. The van der Waals surface area contributed by atoms with Crippen LogP contribution in [-0.4, -0.2) is 10.2 Å². The summed E-state index contributed by atoms with van der Waals surface area (Å²) < 4.78 is 0. The van der Waals surface area contributed by atoms with Crippen molar-refractivity contribution in [1.82, 2.24) is 10.2 Å². The molecule has 0 aliphatic rings. The highest BCUT2D eigenvalue weighted by Crippen LogP contribution is 2.05. The second kappa shape index (κ2) is 3.44. The lowest BCUT2D eigenvalue weighted by Gasteiger charge is -2.02. The molecule has 0 saturated heterocycles. The molecule has 0 aromatic carbocycles. The molecule has 0 amide bonds. The molecule has 0 saturated carbocycles. The summed E-state index contributed by atoms with van der Waals surface area (Å²) in [6.45, 7) is 4.53. The first-order valence-corrected chi connectivity index (χ1v) is 3.80. The van der Waals surface area contributed by atoms with Crippen LogP contribution in [0.3, 0.4) is 0 Å². The number of hydrogen-bond donors (Lipinski definition) is 1. The Bertz CT molecular complexity index is 245. The van der Waals surface area contributed by atoms with Crippen LogP contribution in [0.5, 0.6) is 0 Å². The van der Waals surface area contributed by atoms with E-state index < -0.39 is 0 Å². The van der Waals surface area contributed by atoms with Crippen LogP contribution in [0.25, 0.3) is 0 Å². The van der Waals surface area contributed by atoms with Crippen molar-refractivity contribution in [1.29, 1.82) is 0 Å². The summed E-state index contributed by atoms with van der Waals surface area (Å²) in [6.07, 6.45) is 0.903. The Hall–Kier alpha value is -0.960. The van der Waals surface area contributed by atoms with Crippen LogP contribution >= 0.6 is 0 Å². The zero-order valence-electron chi connectivity index (χ0n) is 6.96. The minimum absolute atomic E-state index is 0.555. The average molecular weight is 151 g/mol. The quantitative estimate of drug-likeness (QED) is 0.680. The molecule has 3 nitrogen and oxygen atoms in total. The zero-order valence-corrected chi connectivity index (χ0v) is 6.96. The van der Waals surface area contributed by atoms with Crippen LogP contribution in [0.15, 0.2) is 6.07 Å². The van der Waals surface area contributed by atoms with Gasteiger partial charge in [0.05, 0.1) is 11.4 Å². The number of nitrogens with zero attached hydrogens (tertiary/aromatic N) is 2. The minimum atomic E-state index is 0.555. The molecule has 0 bridgehead atoms. The van der Waals surface area contributed by atoms with Crippen molar-refractivity contribution in [2.75, 3.05) is 0 Å². The average Bonchev–Trinajstić information content (AvgIpc) is 2.04. The smallest absolute Gasteiger partial charge is 0.0673 e. The number of rotatable bonds is 2. The molecule has 1 aromatic rings. The molecule has 0 aliphatic carbocycles. The van der Waals surface area contributed by atoms with Gasteiger partial charge in [-0.15, -0.1) is 0 Å². The van der Waals surface area contributed by atoms with Gasteiger partial charge in [0.1, 0.15) is 0 Å². The van der Waals surface area contributed by atoms with Crippen LogP contribution in [0.1, 0.15) is 23.9 Å². The van der Waals surface area contributed by atoms with Crippen LogP contribution in [0, 0.1) is 6.92 Å². The van der Waals surface area contributed by atoms with Crippen LogP contribution in [0.2, 0.25) is 0 Å². The van der Waals surface area contributed by atoms with Gasteiger partial charge < -0.3 is 5.73 Å². The van der Waals surface area contributed by atoms with Crippen LogP contribution in [-0.2, 0) is 13.0 Å². The fraction of sp³-hybridized carbons (Fsp3) is 0.500. The van der Waals surface area contributed by atoms with Gasteiger partial charge in [0.2, 0.25) is 0 Å². The highest BCUT2D eigenvalue weighted by molar-refractivity contribution is 5.20. The molecule has 0 atom stereocenters. The van der Waals surface area contributed by atoms with E-state index >= 15 is 0 Å². The van der Waals surface area contributed by atoms with Gasteiger partial charge in [-0.2, -0.15) is 10.2 Å². The summed E-state index contributed by atoms with van der Waals surface area (Å²) in [4.78, 5) is 0. The summed E-state index contributed by atoms with van der Waals surface area (Å²) in [7, 11) is 0. The lowest BCUT2D eigenvalue weighted by molar-refractivity contribution is 0.849. The molecular weight excluding hydrogens is 138 g/mol. The SMILES string of the molecule is CCc1nnc(C)cc1CN. The topological polar surface area (TPSA) is 51.8 Å². The predicted octanol–water partition coefficient (Wildman–Crippen LogP) is 0.806. The fourth-order valence-corrected chi connectivity index (χ4v) is 1.04. The summed E-state index contributed by atoms with van der Waals surface area (Å²) in [5, 5.41) is 7.99. The predicted molar refractivity (Wildman–Crippen MR) is 44.0 cm³/mol. The van der Waals surface area contributed by atoms with Gasteiger partial charge in [0.25, 0.3) is 0 Å². The van der Waals surface area contributed by atoms with Gasteiger partial charge >= 0.3 is 0 Å². The third kappa shape index (κ3) is 1.74. The van der Waals surface area contributed by atoms with Gasteiger partial charge in [-0.1, -0.05) is 6.92 Å². The first kappa shape index (κ1) is 8.14. The Morgan fingerprint density at radius 2 is 2.18 bits per heavy atom. The Balaban J connectivity index is 3.06. The molecule has 1 rings (SSSR count). The number of hydrogen-bond acceptors (Lipinski definition) is 3. The molecule has 1 heterocycles. The molecule has 0 radical (unpaired) electrons. The maximum Gasteiger partial charge on any atom is 0.0673 e. The second-order valence-corrected chi connectivity index (χ2v) is 2.52. The molecule has 2 N–H and O–H groups in total. The number of nitrogens with two attached hydrogens (primary N) is 1. The molecule has 0 spiro atoms. The lowest BCUT2D eigenvalue weighted by Crippen LogP contribution is -2.05. The molecule has 3 heteroatoms. The lowest BCUT2D eigenvalue weighted by atomic mass is 10.1. The van der Waals surface area contributed by atoms with Crippen molar-refractivity contribution in [3.8, 4) is 0 Å². The van der Waals surface area contributed by atoms with Gasteiger partial charge in [-0.25, -0.2) is 0 Å². The van der Waals surface area contributed by atoms with E-state index in [-0.39, 0.29) is 0 Å². The van der Waals surface area contributed by atoms with Gasteiger partial charge in [0, 0.05) is 6.54 Å². The zero-order chi connectivity index (χ0) is 8.27. The highest BCUT2D eigenvalue weighted by Gasteiger charge is 2.00. The number of aromatic nitrogens is 2. The van der Waals surface area contributed by atoms with Crippen molar-refractivity contribution in [3.63, 3.8) is 0 Å². The van der Waals surface area contributed by atoms with Crippen molar-refractivity contribution in [2.45, 2.75) is 26.8 Å². The monoisotopic (exact) mass is 151 g/mol.